The van der Waals surface area contributed by atoms with Crippen LogP contribution in [0.1, 0.15) is 53.2 Å². The van der Waals surface area contributed by atoms with Gasteiger partial charge in [0.25, 0.3) is 5.91 Å². The molecule has 1 saturated heterocycles. The number of rotatable bonds is 3. The molecule has 4 heteroatoms. The molecule has 0 spiro atoms. The smallest absolute Gasteiger partial charge is 0.263 e. The lowest BCUT2D eigenvalue weighted by Crippen LogP contribution is -2.31. The van der Waals surface area contributed by atoms with Crippen LogP contribution in [0.3, 0.4) is 0 Å². The largest absolute Gasteiger partial charge is 0.337 e. The van der Waals surface area contributed by atoms with E-state index in [4.69, 9.17) is 5.73 Å². The van der Waals surface area contributed by atoms with Crippen molar-refractivity contribution in [3.8, 4) is 11.8 Å². The summed E-state index contributed by atoms with van der Waals surface area (Å²) in [7, 11) is 0. The molecule has 0 unspecified atom stereocenters. The maximum absolute atomic E-state index is 12.7. The Balaban J connectivity index is 2.15. The van der Waals surface area contributed by atoms with Crippen molar-refractivity contribution in [1.82, 2.24) is 4.90 Å². The normalized spacial score (nSPS) is 16.7. The van der Waals surface area contributed by atoms with E-state index in [1.807, 2.05) is 17.9 Å². The van der Waals surface area contributed by atoms with Gasteiger partial charge in [-0.05, 0) is 43.2 Å². The van der Waals surface area contributed by atoms with Crippen LogP contribution in [-0.4, -0.2) is 30.4 Å². The first-order valence-corrected chi connectivity index (χ1v) is 8.45. The quantitative estimate of drug-likeness (QED) is 0.873. The zero-order valence-electron chi connectivity index (χ0n) is 13.2. The van der Waals surface area contributed by atoms with Crippen molar-refractivity contribution < 1.29 is 4.79 Å². The third-order valence-corrected chi connectivity index (χ3v) is 5.80. The van der Waals surface area contributed by atoms with Crippen LogP contribution in [-0.2, 0) is 0 Å². The second kappa shape index (κ2) is 6.64. The first-order valence-electron chi connectivity index (χ1n) is 7.64. The maximum Gasteiger partial charge on any atom is 0.263 e. The van der Waals surface area contributed by atoms with Crippen LogP contribution in [0.25, 0.3) is 0 Å². The van der Waals surface area contributed by atoms with Gasteiger partial charge in [-0.25, -0.2) is 0 Å². The van der Waals surface area contributed by atoms with Crippen molar-refractivity contribution in [2.75, 3.05) is 19.6 Å². The van der Waals surface area contributed by atoms with Gasteiger partial charge in [-0.2, -0.15) is 0 Å². The number of carbonyl (C=O) groups excluding carboxylic acids is 1. The number of amides is 1. The summed E-state index contributed by atoms with van der Waals surface area (Å²) >= 11 is 1.49. The topological polar surface area (TPSA) is 46.3 Å². The molecular formula is C17H24N2OS. The molecule has 0 radical (unpaired) electrons. The van der Waals surface area contributed by atoms with Crippen molar-refractivity contribution >= 4 is 17.2 Å². The summed E-state index contributed by atoms with van der Waals surface area (Å²) in [5.74, 6) is 6.07. The fourth-order valence-electron chi connectivity index (χ4n) is 2.93. The van der Waals surface area contributed by atoms with Gasteiger partial charge in [0.1, 0.15) is 0 Å². The Labute approximate surface area is 131 Å². The van der Waals surface area contributed by atoms with Gasteiger partial charge >= 0.3 is 0 Å². The third-order valence-electron chi connectivity index (χ3n) is 4.66. The molecule has 2 rings (SSSR count). The van der Waals surface area contributed by atoms with E-state index in [0.29, 0.717) is 12.0 Å². The lowest BCUT2D eigenvalue weighted by atomic mass is 9.82. The third kappa shape index (κ3) is 3.30. The Morgan fingerprint density at radius 1 is 1.48 bits per heavy atom. The summed E-state index contributed by atoms with van der Waals surface area (Å²) in [5.41, 5.74) is 6.80. The van der Waals surface area contributed by atoms with Crippen LogP contribution >= 0.6 is 11.3 Å². The average Bonchev–Trinajstić information content (AvgIpc) is 3.09. The molecule has 1 fully saturated rings. The molecule has 0 saturated carbocycles. The van der Waals surface area contributed by atoms with Crippen LogP contribution in [0.15, 0.2) is 6.07 Å². The number of hydrogen-bond acceptors (Lipinski definition) is 3. The van der Waals surface area contributed by atoms with E-state index in [-0.39, 0.29) is 5.91 Å². The van der Waals surface area contributed by atoms with E-state index in [9.17, 15) is 4.79 Å². The molecular weight excluding hydrogens is 280 g/mol. The summed E-state index contributed by atoms with van der Waals surface area (Å²) in [4.78, 5) is 16.4. The first-order chi connectivity index (χ1) is 10.0. The summed E-state index contributed by atoms with van der Waals surface area (Å²) in [6.07, 6.45) is 3.41. The molecule has 0 aromatic carbocycles. The predicted octanol–water partition coefficient (Wildman–Crippen LogP) is 3.02. The number of nitrogens with two attached hydrogens (primary N) is 1. The van der Waals surface area contributed by atoms with Crippen molar-refractivity contribution in [2.24, 2.45) is 11.1 Å². The number of hydrogen-bond donors (Lipinski definition) is 1. The zero-order valence-corrected chi connectivity index (χ0v) is 14.0. The van der Waals surface area contributed by atoms with E-state index in [1.165, 1.54) is 11.3 Å². The minimum absolute atomic E-state index is 0.160. The monoisotopic (exact) mass is 304 g/mol. The average molecular weight is 304 g/mol. The SMILES string of the molecule is CCC1(CC)CCN(C(=O)c2cc(C)c(C#CCN)s2)C1. The van der Waals surface area contributed by atoms with Crippen LogP contribution in [0.4, 0.5) is 0 Å². The maximum atomic E-state index is 12.7. The Morgan fingerprint density at radius 2 is 2.19 bits per heavy atom. The van der Waals surface area contributed by atoms with E-state index >= 15 is 0 Å². The lowest BCUT2D eigenvalue weighted by molar-refractivity contribution is 0.0774. The molecule has 1 aliphatic heterocycles. The molecule has 21 heavy (non-hydrogen) atoms. The van der Waals surface area contributed by atoms with Crippen molar-refractivity contribution in [3.05, 3.63) is 21.4 Å². The van der Waals surface area contributed by atoms with Crippen molar-refractivity contribution in [2.45, 2.75) is 40.0 Å². The van der Waals surface area contributed by atoms with Crippen molar-refractivity contribution in [3.63, 3.8) is 0 Å². The van der Waals surface area contributed by atoms with Gasteiger partial charge in [0.2, 0.25) is 0 Å². The molecule has 0 atom stereocenters. The molecule has 2 heterocycles. The van der Waals surface area contributed by atoms with Crippen molar-refractivity contribution in [1.29, 1.82) is 0 Å². The standard InChI is InChI=1S/C17H24N2OS/c1-4-17(5-2)8-10-19(12-17)16(20)15-11-13(3)14(21-15)7-6-9-18/h11H,4-5,8-10,12,18H2,1-3H3. The van der Waals surface area contributed by atoms with Gasteiger partial charge in [-0.1, -0.05) is 25.7 Å². The van der Waals surface area contributed by atoms with Crippen LogP contribution in [0.2, 0.25) is 0 Å². The molecule has 114 valence electrons. The highest BCUT2D eigenvalue weighted by Gasteiger charge is 2.37. The zero-order chi connectivity index (χ0) is 15.5. The number of aryl methyl sites for hydroxylation is 1. The fraction of sp³-hybridized carbons (Fsp3) is 0.588. The molecule has 1 aromatic rings. The molecule has 3 nitrogen and oxygen atoms in total. The first kappa shape index (κ1) is 16.1. The predicted molar refractivity (Wildman–Crippen MR) is 88.5 cm³/mol. The molecule has 1 aromatic heterocycles. The van der Waals surface area contributed by atoms with E-state index in [1.54, 1.807) is 0 Å². The Kier molecular flexibility index (Phi) is 5.08. The molecule has 0 aliphatic carbocycles. The van der Waals surface area contributed by atoms with Gasteiger partial charge in [-0.3, -0.25) is 4.79 Å². The summed E-state index contributed by atoms with van der Waals surface area (Å²) in [6, 6.07) is 1.96. The van der Waals surface area contributed by atoms with Crippen LogP contribution in [0, 0.1) is 24.2 Å². The van der Waals surface area contributed by atoms with Gasteiger partial charge in [0.15, 0.2) is 0 Å². The molecule has 0 bridgehead atoms. The highest BCUT2D eigenvalue weighted by Crippen LogP contribution is 2.38. The van der Waals surface area contributed by atoms with Gasteiger partial charge < -0.3 is 10.6 Å². The van der Waals surface area contributed by atoms with Gasteiger partial charge in [-0.15, -0.1) is 11.3 Å². The number of likely N-dealkylation sites (tertiary alicyclic amines) is 1. The molecule has 1 amide bonds. The fourth-order valence-corrected chi connectivity index (χ4v) is 3.95. The van der Waals surface area contributed by atoms with E-state index in [2.05, 4.69) is 25.7 Å². The summed E-state index contributed by atoms with van der Waals surface area (Å²) in [6.45, 7) is 8.57. The van der Waals surface area contributed by atoms with E-state index in [0.717, 1.165) is 47.7 Å². The van der Waals surface area contributed by atoms with E-state index < -0.39 is 0 Å². The van der Waals surface area contributed by atoms with Gasteiger partial charge in [0, 0.05) is 13.1 Å². The van der Waals surface area contributed by atoms with Gasteiger partial charge in [0.05, 0.1) is 16.3 Å². The molecule has 2 N–H and O–H groups in total. The Hall–Kier alpha value is -1.31. The highest BCUT2D eigenvalue weighted by atomic mass is 32.1. The Morgan fingerprint density at radius 3 is 2.76 bits per heavy atom. The number of carbonyl (C=O) groups is 1. The number of thiophene rings is 1. The van der Waals surface area contributed by atoms with Crippen LogP contribution in [0.5, 0.6) is 0 Å². The second-order valence-corrected chi connectivity index (χ2v) is 6.86. The summed E-state index contributed by atoms with van der Waals surface area (Å²) in [5, 5.41) is 0. The second-order valence-electron chi connectivity index (χ2n) is 5.81. The summed E-state index contributed by atoms with van der Waals surface area (Å²) < 4.78 is 0. The highest BCUT2D eigenvalue weighted by molar-refractivity contribution is 7.14. The number of nitrogens with zero attached hydrogens (tertiary/aromatic N) is 1. The minimum Gasteiger partial charge on any atom is -0.337 e. The Bertz CT molecular complexity index is 575. The molecule has 1 aliphatic rings. The van der Waals surface area contributed by atoms with Crippen LogP contribution < -0.4 is 5.73 Å². The minimum atomic E-state index is 0.160. The lowest BCUT2D eigenvalue weighted by Gasteiger charge is -2.26.